The highest BCUT2D eigenvalue weighted by molar-refractivity contribution is 7.99. The topological polar surface area (TPSA) is 38.0 Å². The minimum Gasteiger partial charge on any atom is -0.388 e. The average Bonchev–Trinajstić information content (AvgIpc) is 3.06. The normalized spacial score (nSPS) is 11.6. The Morgan fingerprint density at radius 2 is 1.45 bits per heavy atom. The van der Waals surface area contributed by atoms with Gasteiger partial charge in [-0.1, -0.05) is 114 Å². The first-order valence-electron chi connectivity index (χ1n) is 11.8. The van der Waals surface area contributed by atoms with Gasteiger partial charge >= 0.3 is 0 Å². The molecule has 0 saturated heterocycles. The van der Waals surface area contributed by atoms with Crippen LogP contribution in [0.3, 0.4) is 0 Å². The van der Waals surface area contributed by atoms with Crippen molar-refractivity contribution in [2.45, 2.75) is 114 Å². The number of aliphatic hydroxyl groups is 1. The number of aromatic nitrogens is 2. The average molecular weight is 486 g/mol. The third kappa shape index (κ3) is 9.00. The van der Waals surface area contributed by atoms with E-state index in [2.05, 4.69) is 25.3 Å². The summed E-state index contributed by atoms with van der Waals surface area (Å²) in [6.07, 6.45) is 13.1. The van der Waals surface area contributed by atoms with Gasteiger partial charge in [-0.2, -0.15) is 0 Å². The molecule has 0 unspecified atom stereocenters. The second kappa shape index (κ2) is 14.5. The highest BCUT2D eigenvalue weighted by atomic mass is 35.5. The number of unbranched alkanes of at least 4 members (excludes halogenated alkanes) is 9. The maximum atomic E-state index is 9.92. The molecular formula is C25H38Cl2N2OS. The molecule has 3 nitrogen and oxygen atoms in total. The van der Waals surface area contributed by atoms with E-state index in [0.717, 1.165) is 34.4 Å². The highest BCUT2D eigenvalue weighted by Gasteiger charge is 2.20. The van der Waals surface area contributed by atoms with Crippen LogP contribution in [0.5, 0.6) is 0 Å². The van der Waals surface area contributed by atoms with E-state index >= 15 is 0 Å². The summed E-state index contributed by atoms with van der Waals surface area (Å²) in [6, 6.07) is 5.61. The van der Waals surface area contributed by atoms with Crippen LogP contribution in [0, 0.1) is 0 Å². The van der Waals surface area contributed by atoms with E-state index in [-0.39, 0.29) is 12.5 Å². The Balaban J connectivity index is 1.97. The molecule has 0 atom stereocenters. The minimum absolute atomic E-state index is 0.0473. The lowest BCUT2D eigenvalue weighted by molar-refractivity contribution is 0.263. The number of benzene rings is 1. The van der Waals surface area contributed by atoms with Gasteiger partial charge in [0.05, 0.1) is 5.69 Å². The zero-order chi connectivity index (χ0) is 22.6. The van der Waals surface area contributed by atoms with Crippen LogP contribution in [0.15, 0.2) is 28.1 Å². The van der Waals surface area contributed by atoms with Crippen molar-refractivity contribution in [1.82, 2.24) is 9.55 Å². The number of imidazole rings is 1. The summed E-state index contributed by atoms with van der Waals surface area (Å²) < 4.78 is 2.19. The molecule has 31 heavy (non-hydrogen) atoms. The van der Waals surface area contributed by atoms with Crippen LogP contribution in [-0.4, -0.2) is 14.7 Å². The summed E-state index contributed by atoms with van der Waals surface area (Å²) >= 11 is 14.1. The van der Waals surface area contributed by atoms with E-state index in [1.54, 1.807) is 17.8 Å². The van der Waals surface area contributed by atoms with Gasteiger partial charge in [0.2, 0.25) is 0 Å². The predicted molar refractivity (Wildman–Crippen MR) is 135 cm³/mol. The van der Waals surface area contributed by atoms with E-state index in [4.69, 9.17) is 28.2 Å². The fraction of sp³-hybridized carbons (Fsp3) is 0.640. The minimum atomic E-state index is -0.0473. The maximum absolute atomic E-state index is 9.92. The molecule has 0 spiro atoms. The summed E-state index contributed by atoms with van der Waals surface area (Å²) in [4.78, 5) is 5.75. The molecule has 0 radical (unpaired) electrons. The molecule has 1 aromatic heterocycles. The van der Waals surface area contributed by atoms with Crippen LogP contribution in [-0.2, 0) is 13.2 Å². The smallest absolute Gasteiger partial charge is 0.135 e. The van der Waals surface area contributed by atoms with E-state index < -0.39 is 0 Å². The van der Waals surface area contributed by atoms with Crippen molar-refractivity contribution in [1.29, 1.82) is 0 Å². The molecule has 6 heteroatoms. The number of rotatable bonds is 15. The number of hydrogen-bond acceptors (Lipinski definition) is 3. The van der Waals surface area contributed by atoms with Crippen molar-refractivity contribution in [3.05, 3.63) is 39.8 Å². The summed E-state index contributed by atoms with van der Waals surface area (Å²) in [7, 11) is 0. The van der Waals surface area contributed by atoms with Crippen LogP contribution < -0.4 is 0 Å². The van der Waals surface area contributed by atoms with Gasteiger partial charge in [-0.05, 0) is 30.5 Å². The van der Waals surface area contributed by atoms with E-state index in [1.165, 1.54) is 57.8 Å². The Bertz CT molecular complexity index is 772. The lowest BCUT2D eigenvalue weighted by atomic mass is 10.1. The van der Waals surface area contributed by atoms with Crippen molar-refractivity contribution in [2.75, 3.05) is 0 Å². The molecule has 0 amide bonds. The van der Waals surface area contributed by atoms with Crippen molar-refractivity contribution in [2.24, 2.45) is 0 Å². The lowest BCUT2D eigenvalue weighted by Gasteiger charge is -2.13. The molecule has 0 aliphatic rings. The Hall–Kier alpha value is -0.680. The molecule has 0 aliphatic heterocycles. The van der Waals surface area contributed by atoms with Gasteiger partial charge < -0.3 is 9.67 Å². The van der Waals surface area contributed by atoms with Crippen LogP contribution in [0.25, 0.3) is 0 Å². The molecule has 2 rings (SSSR count). The molecule has 2 aromatic rings. The van der Waals surface area contributed by atoms with Gasteiger partial charge in [-0.3, -0.25) is 0 Å². The summed E-state index contributed by atoms with van der Waals surface area (Å²) in [6.45, 7) is 7.38. The molecule has 1 heterocycles. The Morgan fingerprint density at radius 1 is 0.903 bits per heavy atom. The van der Waals surface area contributed by atoms with Gasteiger partial charge in [0, 0.05) is 21.5 Å². The Morgan fingerprint density at radius 3 is 1.97 bits per heavy atom. The SMILES string of the molecule is CCCCCCCCCCCCn1c(CO)nc(C(C)C)c1Sc1cc(Cl)cc(Cl)c1. The second-order valence-corrected chi connectivity index (χ2v) is 10.5. The van der Waals surface area contributed by atoms with Gasteiger partial charge in [0.15, 0.2) is 0 Å². The third-order valence-electron chi connectivity index (χ3n) is 5.50. The highest BCUT2D eigenvalue weighted by Crippen LogP contribution is 2.37. The molecular weight excluding hydrogens is 447 g/mol. The first-order valence-corrected chi connectivity index (χ1v) is 13.4. The third-order valence-corrected chi connectivity index (χ3v) is 7.03. The van der Waals surface area contributed by atoms with E-state index in [1.807, 2.05) is 12.1 Å². The predicted octanol–water partition coefficient (Wildman–Crippen LogP) is 8.88. The summed E-state index contributed by atoms with van der Waals surface area (Å²) in [5.74, 6) is 1.02. The fourth-order valence-electron chi connectivity index (χ4n) is 3.79. The maximum Gasteiger partial charge on any atom is 0.135 e. The zero-order valence-corrected chi connectivity index (χ0v) is 21.6. The van der Waals surface area contributed by atoms with Gasteiger partial charge in [0.25, 0.3) is 0 Å². The molecule has 0 aliphatic carbocycles. The van der Waals surface area contributed by atoms with E-state index in [9.17, 15) is 5.11 Å². The lowest BCUT2D eigenvalue weighted by Crippen LogP contribution is -2.06. The van der Waals surface area contributed by atoms with Crippen molar-refractivity contribution < 1.29 is 5.11 Å². The standard InChI is InChI=1S/C25H38Cl2N2OS/c1-4-5-6-7-8-9-10-11-12-13-14-29-23(18-30)28-24(19(2)3)25(29)31-22-16-20(26)15-21(27)17-22/h15-17,19,30H,4-14,18H2,1-3H3. The van der Waals surface area contributed by atoms with Gasteiger partial charge in [-0.15, -0.1) is 0 Å². The first-order chi connectivity index (χ1) is 15.0. The Labute approximate surface area is 202 Å². The van der Waals surface area contributed by atoms with Crippen LogP contribution in [0.1, 0.15) is 102 Å². The van der Waals surface area contributed by atoms with Gasteiger partial charge in [-0.25, -0.2) is 4.98 Å². The number of nitrogens with zero attached hydrogens (tertiary/aromatic N) is 2. The second-order valence-electron chi connectivity index (χ2n) is 8.57. The molecule has 0 fully saturated rings. The van der Waals surface area contributed by atoms with Crippen molar-refractivity contribution in [3.8, 4) is 0 Å². The van der Waals surface area contributed by atoms with Crippen LogP contribution in [0.2, 0.25) is 10.0 Å². The van der Waals surface area contributed by atoms with Crippen molar-refractivity contribution in [3.63, 3.8) is 0 Å². The summed E-state index contributed by atoms with van der Waals surface area (Å²) in [5, 5.41) is 12.3. The van der Waals surface area contributed by atoms with Crippen LogP contribution in [0.4, 0.5) is 0 Å². The largest absolute Gasteiger partial charge is 0.388 e. The van der Waals surface area contributed by atoms with E-state index in [0.29, 0.717) is 10.0 Å². The number of halogens is 2. The quantitative estimate of drug-likeness (QED) is 0.256. The summed E-state index contributed by atoms with van der Waals surface area (Å²) in [5.41, 5.74) is 1.03. The van der Waals surface area contributed by atoms with Crippen molar-refractivity contribution >= 4 is 35.0 Å². The molecule has 1 aromatic carbocycles. The van der Waals surface area contributed by atoms with Crippen LogP contribution >= 0.6 is 35.0 Å². The Kier molecular flexibility index (Phi) is 12.4. The monoisotopic (exact) mass is 484 g/mol. The molecule has 1 N–H and O–H groups in total. The molecule has 0 bridgehead atoms. The fourth-order valence-corrected chi connectivity index (χ4v) is 5.74. The first kappa shape index (κ1) is 26.6. The number of aliphatic hydroxyl groups excluding tert-OH is 1. The molecule has 0 saturated carbocycles. The van der Waals surface area contributed by atoms with Gasteiger partial charge in [0.1, 0.15) is 17.5 Å². The molecule has 174 valence electrons. The number of hydrogen-bond donors (Lipinski definition) is 1. The zero-order valence-electron chi connectivity index (χ0n) is 19.3.